The number of fused-ring (bicyclic) bond motifs is 1. The third kappa shape index (κ3) is 3.68. The van der Waals surface area contributed by atoms with Gasteiger partial charge in [0.05, 0.1) is 0 Å². The molecule has 0 aromatic heterocycles. The summed E-state index contributed by atoms with van der Waals surface area (Å²) in [6.45, 7) is 3.12. The quantitative estimate of drug-likeness (QED) is 0.907. The van der Waals surface area contributed by atoms with Crippen molar-refractivity contribution in [2.75, 3.05) is 26.2 Å². The zero-order valence-electron chi connectivity index (χ0n) is 13.1. The van der Waals surface area contributed by atoms with Crippen molar-refractivity contribution >= 4 is 5.78 Å². The Labute approximate surface area is 132 Å². The molecular weight excluding hydrogens is 278 g/mol. The Kier molecular flexibility index (Phi) is 5.11. The maximum absolute atomic E-state index is 11.9. The van der Waals surface area contributed by atoms with Crippen LogP contribution in [0.1, 0.15) is 48.0 Å². The molecule has 4 nitrogen and oxygen atoms in total. The lowest BCUT2D eigenvalue weighted by Gasteiger charge is -2.28. The van der Waals surface area contributed by atoms with Crippen LogP contribution in [-0.4, -0.2) is 48.1 Å². The lowest BCUT2D eigenvalue weighted by atomic mass is 9.90. The van der Waals surface area contributed by atoms with Crippen LogP contribution in [0, 0.1) is 0 Å². The van der Waals surface area contributed by atoms with Gasteiger partial charge in [-0.1, -0.05) is 18.6 Å². The Balaban J connectivity index is 1.57. The van der Waals surface area contributed by atoms with Crippen LogP contribution in [0.3, 0.4) is 0 Å². The highest BCUT2D eigenvalue weighted by Gasteiger charge is 2.21. The van der Waals surface area contributed by atoms with Crippen LogP contribution in [0.5, 0.6) is 5.75 Å². The molecule has 0 radical (unpaired) electrons. The first kappa shape index (κ1) is 15.5. The molecule has 4 heteroatoms. The third-order valence-corrected chi connectivity index (χ3v) is 4.61. The van der Waals surface area contributed by atoms with Crippen molar-refractivity contribution in [3.05, 3.63) is 29.3 Å². The summed E-state index contributed by atoms with van der Waals surface area (Å²) in [6.07, 6.45) is 5.68. The predicted octanol–water partition coefficient (Wildman–Crippen LogP) is 2.43. The lowest BCUT2D eigenvalue weighted by Crippen LogP contribution is -2.38. The molecular formula is C18H25NO3. The van der Waals surface area contributed by atoms with Gasteiger partial charge in [-0.2, -0.15) is 0 Å². The van der Waals surface area contributed by atoms with Crippen molar-refractivity contribution in [2.24, 2.45) is 0 Å². The van der Waals surface area contributed by atoms with Gasteiger partial charge >= 0.3 is 0 Å². The van der Waals surface area contributed by atoms with Crippen LogP contribution in [0.25, 0.3) is 0 Å². The minimum Gasteiger partial charge on any atom is -0.491 e. The largest absolute Gasteiger partial charge is 0.491 e. The Morgan fingerprint density at radius 3 is 2.77 bits per heavy atom. The number of carbonyl (C=O) groups is 1. The Morgan fingerprint density at radius 2 is 1.95 bits per heavy atom. The summed E-state index contributed by atoms with van der Waals surface area (Å²) in [5.74, 6) is 0.976. The first-order chi connectivity index (χ1) is 10.7. The first-order valence-electron chi connectivity index (χ1n) is 8.42. The fourth-order valence-electron chi connectivity index (χ4n) is 3.46. The number of likely N-dealkylation sites (tertiary alicyclic amines) is 1. The number of Topliss-reactive ketones (excluding diaryl/α,β-unsaturated/α-hetero) is 1. The standard InChI is InChI=1S/C18H25NO3/c20-14(12-19-10-2-1-3-11-19)13-22-18-9-5-6-15-16(18)7-4-8-17(15)21/h5-6,9,14,20H,1-4,7-8,10-13H2/t14-/m1/s1. The number of rotatable bonds is 5. The maximum atomic E-state index is 11.9. The monoisotopic (exact) mass is 303 g/mol. The van der Waals surface area contributed by atoms with Gasteiger partial charge in [-0.25, -0.2) is 0 Å². The molecule has 2 aliphatic rings. The van der Waals surface area contributed by atoms with E-state index in [1.54, 1.807) is 0 Å². The first-order valence-corrected chi connectivity index (χ1v) is 8.42. The topological polar surface area (TPSA) is 49.8 Å². The van der Waals surface area contributed by atoms with Gasteiger partial charge in [0.1, 0.15) is 18.5 Å². The number of hydrogen-bond acceptors (Lipinski definition) is 4. The van der Waals surface area contributed by atoms with Gasteiger partial charge in [0, 0.05) is 24.1 Å². The van der Waals surface area contributed by atoms with E-state index in [0.29, 0.717) is 19.6 Å². The molecule has 1 aromatic carbocycles. The summed E-state index contributed by atoms with van der Waals surface area (Å²) in [6, 6.07) is 5.66. The van der Waals surface area contributed by atoms with E-state index in [1.807, 2.05) is 18.2 Å². The molecule has 0 unspecified atom stereocenters. The Morgan fingerprint density at radius 1 is 1.14 bits per heavy atom. The fourth-order valence-corrected chi connectivity index (χ4v) is 3.46. The number of ether oxygens (including phenoxy) is 1. The van der Waals surface area contributed by atoms with E-state index < -0.39 is 6.10 Å². The molecule has 0 spiro atoms. The molecule has 1 fully saturated rings. The fraction of sp³-hybridized carbons (Fsp3) is 0.611. The van der Waals surface area contributed by atoms with Gasteiger partial charge in [-0.15, -0.1) is 0 Å². The Hall–Kier alpha value is -1.39. The average molecular weight is 303 g/mol. The highest BCUT2D eigenvalue weighted by Crippen LogP contribution is 2.29. The van der Waals surface area contributed by atoms with E-state index in [4.69, 9.17) is 4.74 Å². The van der Waals surface area contributed by atoms with Crippen molar-refractivity contribution < 1.29 is 14.6 Å². The molecule has 0 bridgehead atoms. The van der Waals surface area contributed by atoms with E-state index in [0.717, 1.165) is 42.8 Å². The molecule has 22 heavy (non-hydrogen) atoms. The number of aliphatic hydroxyl groups is 1. The van der Waals surface area contributed by atoms with Crippen molar-refractivity contribution in [1.29, 1.82) is 0 Å². The maximum Gasteiger partial charge on any atom is 0.163 e. The summed E-state index contributed by atoms with van der Waals surface area (Å²) in [5.41, 5.74) is 1.82. The number of ketones is 1. The minimum atomic E-state index is -0.478. The highest BCUT2D eigenvalue weighted by molar-refractivity contribution is 5.99. The van der Waals surface area contributed by atoms with Crippen molar-refractivity contribution in [1.82, 2.24) is 4.90 Å². The van der Waals surface area contributed by atoms with E-state index >= 15 is 0 Å². The number of benzene rings is 1. The molecule has 1 aromatic rings. The molecule has 1 saturated heterocycles. The van der Waals surface area contributed by atoms with Gasteiger partial charge in [0.15, 0.2) is 5.78 Å². The van der Waals surface area contributed by atoms with Crippen molar-refractivity contribution in [2.45, 2.75) is 44.6 Å². The molecule has 0 amide bonds. The number of nitrogens with zero attached hydrogens (tertiary/aromatic N) is 1. The molecule has 0 saturated carbocycles. The van der Waals surface area contributed by atoms with Crippen LogP contribution in [-0.2, 0) is 6.42 Å². The smallest absolute Gasteiger partial charge is 0.163 e. The van der Waals surface area contributed by atoms with E-state index in [1.165, 1.54) is 19.3 Å². The molecule has 1 heterocycles. The summed E-state index contributed by atoms with van der Waals surface area (Å²) in [7, 11) is 0. The number of β-amino-alcohol motifs (C(OH)–C–C–N with tert-alkyl or cyclic N) is 1. The number of carbonyl (C=O) groups excluding carboxylic acids is 1. The second-order valence-corrected chi connectivity index (χ2v) is 6.39. The highest BCUT2D eigenvalue weighted by atomic mass is 16.5. The van der Waals surface area contributed by atoms with Crippen molar-refractivity contribution in [3.63, 3.8) is 0 Å². The summed E-state index contributed by atoms with van der Waals surface area (Å²) in [4.78, 5) is 14.2. The summed E-state index contributed by atoms with van der Waals surface area (Å²) < 4.78 is 5.83. The summed E-state index contributed by atoms with van der Waals surface area (Å²) in [5, 5.41) is 10.2. The molecule has 1 aliphatic carbocycles. The zero-order chi connectivity index (χ0) is 15.4. The molecule has 1 aliphatic heterocycles. The van der Waals surface area contributed by atoms with Crippen LogP contribution >= 0.6 is 0 Å². The summed E-state index contributed by atoms with van der Waals surface area (Å²) >= 11 is 0. The molecule has 120 valence electrons. The number of piperidine rings is 1. The van der Waals surface area contributed by atoms with Gasteiger partial charge in [-0.3, -0.25) is 4.79 Å². The molecule has 1 atom stereocenters. The number of hydrogen-bond donors (Lipinski definition) is 1. The van der Waals surface area contributed by atoms with Crippen LogP contribution in [0.15, 0.2) is 18.2 Å². The third-order valence-electron chi connectivity index (χ3n) is 4.61. The Bertz CT molecular complexity index is 523. The van der Waals surface area contributed by atoms with Gasteiger partial charge < -0.3 is 14.7 Å². The minimum absolute atomic E-state index is 0.209. The van der Waals surface area contributed by atoms with Crippen molar-refractivity contribution in [3.8, 4) is 5.75 Å². The van der Waals surface area contributed by atoms with E-state index in [-0.39, 0.29) is 5.78 Å². The average Bonchev–Trinajstić information content (AvgIpc) is 2.54. The van der Waals surface area contributed by atoms with Gasteiger partial charge in [0.25, 0.3) is 0 Å². The normalized spacial score (nSPS) is 20.5. The van der Waals surface area contributed by atoms with Crippen LogP contribution in [0.4, 0.5) is 0 Å². The van der Waals surface area contributed by atoms with Gasteiger partial charge in [-0.05, 0) is 44.8 Å². The van der Waals surface area contributed by atoms with E-state index in [2.05, 4.69) is 4.90 Å². The second kappa shape index (κ2) is 7.25. The zero-order valence-corrected chi connectivity index (χ0v) is 13.1. The molecule has 3 rings (SSSR count). The van der Waals surface area contributed by atoms with Crippen LogP contribution < -0.4 is 4.74 Å². The number of aliphatic hydroxyl groups excluding tert-OH is 1. The molecule has 1 N–H and O–H groups in total. The SMILES string of the molecule is O=C1CCCc2c(OC[C@H](O)CN3CCCCC3)cccc21. The second-order valence-electron chi connectivity index (χ2n) is 6.39. The van der Waals surface area contributed by atoms with E-state index in [9.17, 15) is 9.90 Å². The lowest BCUT2D eigenvalue weighted by molar-refractivity contribution is 0.0613. The predicted molar refractivity (Wildman–Crippen MR) is 85.5 cm³/mol. The van der Waals surface area contributed by atoms with Crippen LogP contribution in [0.2, 0.25) is 0 Å². The van der Waals surface area contributed by atoms with Gasteiger partial charge in [0.2, 0.25) is 0 Å².